The van der Waals surface area contributed by atoms with E-state index in [9.17, 15) is 10.1 Å². The molecule has 0 saturated heterocycles. The molecule has 0 aliphatic carbocycles. The zero-order chi connectivity index (χ0) is 15.4. The number of aryl methyl sites for hydroxylation is 2. The van der Waals surface area contributed by atoms with Gasteiger partial charge in [0.2, 0.25) is 0 Å². The Kier molecular flexibility index (Phi) is 4.80. The lowest BCUT2D eigenvalue weighted by molar-refractivity contribution is -0.385. The third kappa shape index (κ3) is 4.19. The van der Waals surface area contributed by atoms with E-state index in [4.69, 9.17) is 0 Å². The van der Waals surface area contributed by atoms with Crippen LogP contribution in [0, 0.1) is 24.0 Å². The smallest absolute Gasteiger partial charge is 0.275 e. The van der Waals surface area contributed by atoms with Gasteiger partial charge in [-0.15, -0.1) is 11.8 Å². The van der Waals surface area contributed by atoms with E-state index in [1.807, 2.05) is 0 Å². The average Bonchev–Trinajstić information content (AvgIpc) is 2.43. The molecule has 0 amide bonds. The van der Waals surface area contributed by atoms with E-state index in [-0.39, 0.29) is 5.69 Å². The number of anilines is 1. The number of hydrogen-bond acceptors (Lipinski definition) is 5. The minimum absolute atomic E-state index is 0.0530. The van der Waals surface area contributed by atoms with Crippen molar-refractivity contribution in [2.24, 2.45) is 0 Å². The molecule has 5 nitrogen and oxygen atoms in total. The highest BCUT2D eigenvalue weighted by atomic mass is 32.2. The first-order valence-corrected chi connectivity index (χ1v) is 7.50. The number of benzene rings is 1. The van der Waals surface area contributed by atoms with Crippen molar-refractivity contribution in [3.63, 3.8) is 0 Å². The first-order valence-electron chi connectivity index (χ1n) is 6.52. The molecule has 0 fully saturated rings. The molecule has 0 radical (unpaired) electrons. The van der Waals surface area contributed by atoms with Crippen LogP contribution in [-0.4, -0.2) is 17.0 Å². The predicted octanol–water partition coefficient (Wildman–Crippen LogP) is 3.94. The molecule has 0 atom stereocenters. The lowest BCUT2D eigenvalue weighted by Crippen LogP contribution is -1.97. The monoisotopic (exact) mass is 303 g/mol. The van der Waals surface area contributed by atoms with Crippen LogP contribution in [0.5, 0.6) is 0 Å². The Balaban J connectivity index is 2.19. The maximum atomic E-state index is 10.9. The molecule has 2 rings (SSSR count). The first-order chi connectivity index (χ1) is 9.97. The molecule has 0 spiro atoms. The van der Waals surface area contributed by atoms with Gasteiger partial charge in [0.15, 0.2) is 0 Å². The summed E-state index contributed by atoms with van der Waals surface area (Å²) in [6.07, 6.45) is 0. The summed E-state index contributed by atoms with van der Waals surface area (Å²) >= 11 is 1.50. The third-order valence-corrected chi connectivity index (χ3v) is 3.90. The number of nitrogens with one attached hydrogen (secondary N) is 1. The van der Waals surface area contributed by atoms with Crippen molar-refractivity contribution in [2.75, 3.05) is 12.4 Å². The lowest BCUT2D eigenvalue weighted by atomic mass is 10.1. The van der Waals surface area contributed by atoms with Crippen LogP contribution in [0.1, 0.15) is 16.7 Å². The van der Waals surface area contributed by atoms with Crippen LogP contribution in [0.3, 0.4) is 0 Å². The number of nitro groups is 1. The van der Waals surface area contributed by atoms with E-state index in [2.05, 4.69) is 42.3 Å². The van der Waals surface area contributed by atoms with E-state index < -0.39 is 4.92 Å². The van der Waals surface area contributed by atoms with Crippen LogP contribution >= 0.6 is 11.8 Å². The minimum Gasteiger partial charge on any atom is -0.373 e. The SMILES string of the molecule is CNc1cc([N+](=O)[O-])cc(SCc2cc(C)cc(C)c2)n1. The summed E-state index contributed by atoms with van der Waals surface area (Å²) in [7, 11) is 1.70. The molecule has 0 aliphatic rings. The largest absolute Gasteiger partial charge is 0.373 e. The Bertz CT molecular complexity index is 654. The number of hydrogen-bond donors (Lipinski definition) is 1. The molecule has 1 aromatic heterocycles. The lowest BCUT2D eigenvalue weighted by Gasteiger charge is -2.06. The normalized spacial score (nSPS) is 10.4. The second kappa shape index (κ2) is 6.58. The van der Waals surface area contributed by atoms with E-state index in [0.717, 1.165) is 5.75 Å². The number of nitrogens with zero attached hydrogens (tertiary/aromatic N) is 2. The quantitative estimate of drug-likeness (QED) is 0.515. The van der Waals surface area contributed by atoms with Gasteiger partial charge in [0.1, 0.15) is 10.8 Å². The van der Waals surface area contributed by atoms with Crippen LogP contribution in [-0.2, 0) is 5.75 Å². The molecule has 1 aromatic carbocycles. The highest BCUT2D eigenvalue weighted by Gasteiger charge is 2.11. The van der Waals surface area contributed by atoms with Gasteiger partial charge in [0.05, 0.1) is 11.0 Å². The topological polar surface area (TPSA) is 68.1 Å². The van der Waals surface area contributed by atoms with Crippen molar-refractivity contribution in [2.45, 2.75) is 24.6 Å². The fraction of sp³-hybridized carbons (Fsp3) is 0.267. The predicted molar refractivity (Wildman–Crippen MR) is 85.9 cm³/mol. The van der Waals surface area contributed by atoms with Gasteiger partial charge in [0.25, 0.3) is 5.69 Å². The molecule has 21 heavy (non-hydrogen) atoms. The molecule has 0 unspecified atom stereocenters. The Morgan fingerprint density at radius 1 is 1.19 bits per heavy atom. The molecule has 1 N–H and O–H groups in total. The van der Waals surface area contributed by atoms with Gasteiger partial charge in [-0.25, -0.2) is 4.98 Å². The summed E-state index contributed by atoms with van der Waals surface area (Å²) in [6.45, 7) is 4.12. The summed E-state index contributed by atoms with van der Waals surface area (Å²) in [4.78, 5) is 14.9. The Morgan fingerprint density at radius 2 is 1.86 bits per heavy atom. The Labute approximate surface area is 127 Å². The zero-order valence-corrected chi connectivity index (χ0v) is 13.0. The highest BCUT2D eigenvalue weighted by molar-refractivity contribution is 7.98. The number of aromatic nitrogens is 1. The van der Waals surface area contributed by atoms with Gasteiger partial charge in [0, 0.05) is 18.9 Å². The van der Waals surface area contributed by atoms with Crippen LogP contribution in [0.15, 0.2) is 35.4 Å². The summed E-state index contributed by atoms with van der Waals surface area (Å²) in [5.41, 5.74) is 3.68. The summed E-state index contributed by atoms with van der Waals surface area (Å²) in [5.74, 6) is 1.24. The van der Waals surface area contributed by atoms with Crippen molar-refractivity contribution in [1.29, 1.82) is 0 Å². The number of pyridine rings is 1. The molecule has 0 saturated carbocycles. The van der Waals surface area contributed by atoms with Gasteiger partial charge in [-0.1, -0.05) is 29.3 Å². The van der Waals surface area contributed by atoms with Crippen molar-refractivity contribution >= 4 is 23.3 Å². The van der Waals surface area contributed by atoms with E-state index in [1.54, 1.807) is 7.05 Å². The Morgan fingerprint density at radius 3 is 2.43 bits per heavy atom. The number of thioether (sulfide) groups is 1. The first kappa shape index (κ1) is 15.3. The van der Waals surface area contributed by atoms with E-state index >= 15 is 0 Å². The molecule has 1 heterocycles. The molecular formula is C15H17N3O2S. The van der Waals surface area contributed by atoms with Gasteiger partial charge in [-0.2, -0.15) is 0 Å². The molecule has 110 valence electrons. The molecular weight excluding hydrogens is 286 g/mol. The second-order valence-electron chi connectivity index (χ2n) is 4.84. The van der Waals surface area contributed by atoms with Crippen LogP contribution in [0.4, 0.5) is 11.5 Å². The molecule has 6 heteroatoms. The van der Waals surface area contributed by atoms with E-state index in [1.165, 1.54) is 40.6 Å². The maximum Gasteiger partial charge on any atom is 0.275 e. The minimum atomic E-state index is -0.399. The Hall–Kier alpha value is -2.08. The fourth-order valence-corrected chi connectivity index (χ4v) is 2.96. The second-order valence-corrected chi connectivity index (χ2v) is 5.84. The maximum absolute atomic E-state index is 10.9. The highest BCUT2D eigenvalue weighted by Crippen LogP contribution is 2.27. The summed E-state index contributed by atoms with van der Waals surface area (Å²) < 4.78 is 0. The van der Waals surface area contributed by atoms with Crippen LogP contribution < -0.4 is 5.32 Å². The van der Waals surface area contributed by atoms with Crippen molar-refractivity contribution < 1.29 is 4.92 Å². The van der Waals surface area contributed by atoms with E-state index in [0.29, 0.717) is 10.8 Å². The van der Waals surface area contributed by atoms with Crippen LogP contribution in [0.25, 0.3) is 0 Å². The van der Waals surface area contributed by atoms with Crippen LogP contribution in [0.2, 0.25) is 0 Å². The van der Waals surface area contributed by atoms with Gasteiger partial charge < -0.3 is 5.32 Å². The fourth-order valence-electron chi connectivity index (χ4n) is 2.11. The molecule has 0 bridgehead atoms. The molecule has 0 aliphatic heterocycles. The van der Waals surface area contributed by atoms with Gasteiger partial charge in [-0.05, 0) is 19.4 Å². The number of rotatable bonds is 5. The summed E-state index contributed by atoms with van der Waals surface area (Å²) in [5, 5.41) is 14.4. The standard InChI is InChI=1S/C15H17N3O2S/c1-10-4-11(2)6-12(5-10)9-21-15-8-13(18(19)20)7-14(16-3)17-15/h4-8H,9H2,1-3H3,(H,16,17). The van der Waals surface area contributed by atoms with Gasteiger partial charge in [-0.3, -0.25) is 10.1 Å². The molecule has 2 aromatic rings. The van der Waals surface area contributed by atoms with Crippen molar-refractivity contribution in [3.05, 3.63) is 57.1 Å². The van der Waals surface area contributed by atoms with Crippen molar-refractivity contribution in [1.82, 2.24) is 4.98 Å². The van der Waals surface area contributed by atoms with Crippen molar-refractivity contribution in [3.8, 4) is 0 Å². The van der Waals surface area contributed by atoms with Gasteiger partial charge >= 0.3 is 0 Å². The third-order valence-electron chi connectivity index (χ3n) is 2.92. The summed E-state index contributed by atoms with van der Waals surface area (Å²) in [6, 6.07) is 9.31. The average molecular weight is 303 g/mol. The zero-order valence-electron chi connectivity index (χ0n) is 12.2.